The van der Waals surface area contributed by atoms with Crippen molar-refractivity contribution in [2.75, 3.05) is 0 Å². The normalized spacial score (nSPS) is 53.2. The molecule has 0 heteroatoms. The van der Waals surface area contributed by atoms with Gasteiger partial charge in [0.15, 0.2) is 0 Å². The van der Waals surface area contributed by atoms with Crippen LogP contribution in [0, 0.1) is 16.7 Å². The van der Waals surface area contributed by atoms with Gasteiger partial charge in [0, 0.05) is 0 Å². The molecule has 2 aliphatic rings. The lowest BCUT2D eigenvalue weighted by atomic mass is 9.97. The van der Waals surface area contributed by atoms with Crippen molar-refractivity contribution in [1.82, 2.24) is 0 Å². The van der Waals surface area contributed by atoms with E-state index in [9.17, 15) is 0 Å². The summed E-state index contributed by atoms with van der Waals surface area (Å²) in [5, 5.41) is 0. The van der Waals surface area contributed by atoms with Crippen molar-refractivity contribution in [1.29, 1.82) is 0 Å². The summed E-state index contributed by atoms with van der Waals surface area (Å²) >= 11 is 0. The Morgan fingerprint density at radius 3 is 2.45 bits per heavy atom. The van der Waals surface area contributed by atoms with Gasteiger partial charge < -0.3 is 0 Å². The Labute approximate surface area is 70.4 Å². The lowest BCUT2D eigenvalue weighted by Gasteiger charge is -2.08. The summed E-state index contributed by atoms with van der Waals surface area (Å²) in [6.07, 6.45) is 7.40. The van der Waals surface area contributed by atoms with E-state index >= 15 is 0 Å². The summed E-state index contributed by atoms with van der Waals surface area (Å²) in [6.45, 7) is 7.23. The molecule has 11 heavy (non-hydrogen) atoms. The van der Waals surface area contributed by atoms with Gasteiger partial charge in [-0.2, -0.15) is 0 Å². The van der Waals surface area contributed by atoms with Crippen molar-refractivity contribution in [3.63, 3.8) is 0 Å². The second-order valence-electron chi connectivity index (χ2n) is 5.10. The van der Waals surface area contributed by atoms with Crippen molar-refractivity contribution in [2.45, 2.75) is 52.9 Å². The molecule has 0 bridgehead atoms. The average Bonchev–Trinajstić information content (AvgIpc) is 2.74. The summed E-state index contributed by atoms with van der Waals surface area (Å²) in [7, 11) is 0. The van der Waals surface area contributed by atoms with E-state index in [1.54, 1.807) is 6.42 Å². The van der Waals surface area contributed by atoms with Crippen LogP contribution in [-0.4, -0.2) is 0 Å². The van der Waals surface area contributed by atoms with E-state index in [2.05, 4.69) is 20.8 Å². The molecule has 3 unspecified atom stereocenters. The van der Waals surface area contributed by atoms with Crippen molar-refractivity contribution in [3.8, 4) is 0 Å². The largest absolute Gasteiger partial charge is 0.0654 e. The highest BCUT2D eigenvalue weighted by Crippen LogP contribution is 2.82. The fourth-order valence-corrected chi connectivity index (χ4v) is 3.13. The van der Waals surface area contributed by atoms with E-state index in [0.717, 1.165) is 16.7 Å². The first kappa shape index (κ1) is 7.64. The van der Waals surface area contributed by atoms with Crippen LogP contribution >= 0.6 is 0 Å². The van der Waals surface area contributed by atoms with Gasteiger partial charge >= 0.3 is 0 Å². The molecule has 0 heterocycles. The molecule has 2 fully saturated rings. The van der Waals surface area contributed by atoms with E-state index in [4.69, 9.17) is 0 Å². The van der Waals surface area contributed by atoms with Crippen LogP contribution in [0.5, 0.6) is 0 Å². The first-order valence-electron chi connectivity index (χ1n) is 5.15. The summed E-state index contributed by atoms with van der Waals surface area (Å²) in [5.74, 6) is 1.06. The Morgan fingerprint density at radius 2 is 2.09 bits per heavy atom. The molecule has 0 saturated heterocycles. The molecule has 0 aliphatic heterocycles. The second kappa shape index (κ2) is 2.02. The molecule has 0 aromatic carbocycles. The highest BCUT2D eigenvalue weighted by atomic mass is 14.8. The van der Waals surface area contributed by atoms with Gasteiger partial charge in [0.2, 0.25) is 0 Å². The van der Waals surface area contributed by atoms with Gasteiger partial charge in [0.25, 0.3) is 0 Å². The first-order chi connectivity index (χ1) is 5.15. The number of unbranched alkanes of at least 4 members (excludes halogenated alkanes) is 1. The maximum absolute atomic E-state index is 2.51. The van der Waals surface area contributed by atoms with Crippen LogP contribution in [0.2, 0.25) is 0 Å². The third-order valence-corrected chi connectivity index (χ3v) is 4.32. The number of hydrogen-bond donors (Lipinski definition) is 0. The quantitative estimate of drug-likeness (QED) is 0.579. The van der Waals surface area contributed by atoms with Gasteiger partial charge in [-0.15, -0.1) is 0 Å². The molecular weight excluding hydrogens is 132 g/mol. The van der Waals surface area contributed by atoms with Crippen LogP contribution in [0.15, 0.2) is 0 Å². The van der Waals surface area contributed by atoms with Crippen molar-refractivity contribution in [3.05, 3.63) is 0 Å². The zero-order chi connectivity index (χ0) is 8.11. The molecule has 3 atom stereocenters. The fourth-order valence-electron chi connectivity index (χ4n) is 3.13. The lowest BCUT2D eigenvalue weighted by molar-refractivity contribution is 0.420. The number of rotatable bonds is 3. The Morgan fingerprint density at radius 1 is 1.45 bits per heavy atom. The topological polar surface area (TPSA) is 0 Å². The minimum Gasteiger partial charge on any atom is -0.0654 e. The van der Waals surface area contributed by atoms with E-state index in [0.29, 0.717) is 0 Å². The third kappa shape index (κ3) is 0.878. The van der Waals surface area contributed by atoms with Gasteiger partial charge in [-0.25, -0.2) is 0 Å². The van der Waals surface area contributed by atoms with Gasteiger partial charge in [-0.3, -0.25) is 0 Å². The smallest absolute Gasteiger partial charge is 0.0209 e. The predicted molar refractivity (Wildman–Crippen MR) is 48.5 cm³/mol. The summed E-state index contributed by atoms with van der Waals surface area (Å²) in [5.41, 5.74) is 1.64. The summed E-state index contributed by atoms with van der Waals surface area (Å²) in [4.78, 5) is 0. The molecule has 0 aromatic heterocycles. The van der Waals surface area contributed by atoms with Crippen LogP contribution in [-0.2, 0) is 0 Å². The molecule has 64 valence electrons. The molecule has 0 nitrogen and oxygen atoms in total. The van der Waals surface area contributed by atoms with E-state index < -0.39 is 0 Å². The highest BCUT2D eigenvalue weighted by Gasteiger charge is 2.74. The summed E-state index contributed by atoms with van der Waals surface area (Å²) in [6, 6.07) is 0. The monoisotopic (exact) mass is 152 g/mol. The highest BCUT2D eigenvalue weighted by molar-refractivity contribution is 5.23. The SMILES string of the molecule is CCCCC1(C)CC12CC2C. The Bertz CT molecular complexity index is 173. The Hall–Kier alpha value is 0. The van der Waals surface area contributed by atoms with Crippen molar-refractivity contribution >= 4 is 0 Å². The van der Waals surface area contributed by atoms with Gasteiger partial charge in [0.1, 0.15) is 0 Å². The van der Waals surface area contributed by atoms with Crippen LogP contribution < -0.4 is 0 Å². The molecule has 0 amide bonds. The fraction of sp³-hybridized carbons (Fsp3) is 1.00. The first-order valence-corrected chi connectivity index (χ1v) is 5.15. The molecule has 0 radical (unpaired) electrons. The van der Waals surface area contributed by atoms with Gasteiger partial charge in [0.05, 0.1) is 0 Å². The molecular formula is C11H20. The second-order valence-corrected chi connectivity index (χ2v) is 5.10. The van der Waals surface area contributed by atoms with Crippen molar-refractivity contribution < 1.29 is 0 Å². The molecule has 0 aromatic rings. The predicted octanol–water partition coefficient (Wildman–Crippen LogP) is 3.61. The van der Waals surface area contributed by atoms with Crippen LogP contribution in [0.1, 0.15) is 52.9 Å². The van der Waals surface area contributed by atoms with Gasteiger partial charge in [-0.05, 0) is 36.0 Å². The minimum absolute atomic E-state index is 0.780. The van der Waals surface area contributed by atoms with Crippen molar-refractivity contribution in [2.24, 2.45) is 16.7 Å². The van der Waals surface area contributed by atoms with Crippen LogP contribution in [0.25, 0.3) is 0 Å². The minimum atomic E-state index is 0.780. The number of hydrogen-bond acceptors (Lipinski definition) is 0. The average molecular weight is 152 g/mol. The van der Waals surface area contributed by atoms with Crippen LogP contribution in [0.3, 0.4) is 0 Å². The third-order valence-electron chi connectivity index (χ3n) is 4.32. The molecule has 1 spiro atoms. The summed E-state index contributed by atoms with van der Waals surface area (Å²) < 4.78 is 0. The standard InChI is InChI=1S/C11H20/c1-4-5-6-10(3)8-11(10)7-9(11)2/h9H,4-8H2,1-3H3. The lowest BCUT2D eigenvalue weighted by Crippen LogP contribution is -1.98. The molecule has 2 aliphatic carbocycles. The molecule has 2 rings (SSSR count). The zero-order valence-electron chi connectivity index (χ0n) is 8.11. The molecule has 2 saturated carbocycles. The Balaban J connectivity index is 1.86. The van der Waals surface area contributed by atoms with Gasteiger partial charge in [-0.1, -0.05) is 33.6 Å². The van der Waals surface area contributed by atoms with E-state index in [1.807, 2.05) is 0 Å². The Kier molecular flexibility index (Phi) is 1.41. The zero-order valence-corrected chi connectivity index (χ0v) is 8.11. The maximum Gasteiger partial charge on any atom is -0.0209 e. The maximum atomic E-state index is 2.51. The van der Waals surface area contributed by atoms with E-state index in [1.165, 1.54) is 25.7 Å². The molecule has 0 N–H and O–H groups in total. The van der Waals surface area contributed by atoms with E-state index in [-0.39, 0.29) is 0 Å². The van der Waals surface area contributed by atoms with Crippen LogP contribution in [0.4, 0.5) is 0 Å².